The highest BCUT2D eigenvalue weighted by molar-refractivity contribution is 7.90. The average molecular weight is 376 g/mol. The van der Waals surface area contributed by atoms with Crippen LogP contribution in [0.2, 0.25) is 0 Å². The van der Waals surface area contributed by atoms with Crippen molar-refractivity contribution in [2.75, 3.05) is 6.26 Å². The van der Waals surface area contributed by atoms with Gasteiger partial charge in [-0.1, -0.05) is 29.8 Å². The maximum Gasteiger partial charge on any atom is 0.288 e. The molecular formula is C19H18F2N2O2S. The Balaban J connectivity index is 2.16. The first-order valence-corrected chi connectivity index (χ1v) is 9.80. The van der Waals surface area contributed by atoms with Gasteiger partial charge < -0.3 is 0 Å². The third kappa shape index (κ3) is 3.67. The molecular weight excluding hydrogens is 358 g/mol. The van der Waals surface area contributed by atoms with Crippen LogP contribution in [0.15, 0.2) is 59.6 Å². The van der Waals surface area contributed by atoms with Gasteiger partial charge in [-0.05, 0) is 31.2 Å². The summed E-state index contributed by atoms with van der Waals surface area (Å²) in [4.78, 5) is 4.29. The van der Waals surface area contributed by atoms with Crippen molar-refractivity contribution in [3.8, 4) is 17.1 Å². The van der Waals surface area contributed by atoms with Crippen LogP contribution in [0.5, 0.6) is 0 Å². The van der Waals surface area contributed by atoms with Crippen molar-refractivity contribution in [3.63, 3.8) is 0 Å². The van der Waals surface area contributed by atoms with Gasteiger partial charge in [-0.3, -0.25) is 4.57 Å². The van der Waals surface area contributed by atoms with Crippen LogP contribution in [0.1, 0.15) is 18.2 Å². The number of rotatable bonds is 4. The van der Waals surface area contributed by atoms with Crippen LogP contribution in [0.4, 0.5) is 8.78 Å². The first-order valence-electron chi connectivity index (χ1n) is 7.91. The molecule has 4 nitrogen and oxygen atoms in total. The molecule has 0 atom stereocenters. The van der Waals surface area contributed by atoms with Crippen LogP contribution in [0.3, 0.4) is 0 Å². The van der Waals surface area contributed by atoms with Gasteiger partial charge in [0.1, 0.15) is 11.5 Å². The van der Waals surface area contributed by atoms with Crippen molar-refractivity contribution in [1.82, 2.24) is 9.55 Å². The van der Waals surface area contributed by atoms with Crippen molar-refractivity contribution >= 4 is 9.84 Å². The Labute approximate surface area is 151 Å². The molecule has 136 valence electrons. The summed E-state index contributed by atoms with van der Waals surface area (Å²) in [5.41, 5.74) is 1.94. The lowest BCUT2D eigenvalue weighted by Gasteiger charge is -2.09. The molecule has 0 spiro atoms. The number of imidazole rings is 1. The second kappa shape index (κ2) is 6.32. The molecule has 1 heterocycles. The van der Waals surface area contributed by atoms with Crippen molar-refractivity contribution in [1.29, 1.82) is 0 Å². The normalized spacial score (nSPS) is 12.3. The second-order valence-electron chi connectivity index (χ2n) is 6.34. The zero-order chi connectivity index (χ0) is 19.1. The van der Waals surface area contributed by atoms with E-state index in [0.717, 1.165) is 18.7 Å². The minimum atomic E-state index is -3.33. The van der Waals surface area contributed by atoms with E-state index >= 15 is 0 Å². The molecule has 2 aromatic carbocycles. The van der Waals surface area contributed by atoms with E-state index in [4.69, 9.17) is 0 Å². The molecule has 0 radical (unpaired) electrons. The molecule has 0 fully saturated rings. The third-order valence-corrected chi connectivity index (χ3v) is 5.14. The Morgan fingerprint density at radius 2 is 1.58 bits per heavy atom. The van der Waals surface area contributed by atoms with Crippen molar-refractivity contribution in [2.45, 2.75) is 24.7 Å². The number of halogens is 2. The van der Waals surface area contributed by atoms with Crippen LogP contribution >= 0.6 is 0 Å². The zero-order valence-corrected chi connectivity index (χ0v) is 15.4. The monoisotopic (exact) mass is 376 g/mol. The summed E-state index contributed by atoms with van der Waals surface area (Å²) in [7, 11) is -3.33. The van der Waals surface area contributed by atoms with E-state index in [-0.39, 0.29) is 10.6 Å². The maximum atomic E-state index is 13.8. The zero-order valence-electron chi connectivity index (χ0n) is 14.6. The highest BCUT2D eigenvalue weighted by Gasteiger charge is 2.29. The third-order valence-electron chi connectivity index (χ3n) is 4.01. The second-order valence-corrected chi connectivity index (χ2v) is 8.36. The van der Waals surface area contributed by atoms with Crippen LogP contribution in [-0.4, -0.2) is 24.2 Å². The number of hydrogen-bond donors (Lipinski definition) is 0. The maximum absolute atomic E-state index is 13.8. The molecule has 0 aliphatic heterocycles. The minimum Gasteiger partial charge on any atom is -0.299 e. The number of nitrogens with zero attached hydrogens (tertiary/aromatic N) is 2. The molecule has 7 heteroatoms. The van der Waals surface area contributed by atoms with Gasteiger partial charge in [-0.15, -0.1) is 0 Å². The fourth-order valence-electron chi connectivity index (χ4n) is 2.55. The molecule has 0 N–H and O–H groups in total. The molecule has 26 heavy (non-hydrogen) atoms. The Kier molecular flexibility index (Phi) is 4.44. The lowest BCUT2D eigenvalue weighted by molar-refractivity contribution is 0.0132. The smallest absolute Gasteiger partial charge is 0.288 e. The molecule has 0 bridgehead atoms. The lowest BCUT2D eigenvalue weighted by Crippen LogP contribution is -2.07. The lowest BCUT2D eigenvalue weighted by atomic mass is 10.1. The van der Waals surface area contributed by atoms with Crippen LogP contribution in [0.25, 0.3) is 17.1 Å². The molecule has 1 aromatic heterocycles. The highest BCUT2D eigenvalue weighted by Crippen LogP contribution is 2.31. The number of benzene rings is 2. The van der Waals surface area contributed by atoms with E-state index < -0.39 is 15.8 Å². The molecule has 3 aromatic rings. The number of aromatic nitrogens is 2. The Bertz CT molecular complexity index is 1030. The number of alkyl halides is 2. The summed E-state index contributed by atoms with van der Waals surface area (Å²) in [5.74, 6) is -2.72. The number of hydrogen-bond acceptors (Lipinski definition) is 3. The molecule has 0 saturated heterocycles. The van der Waals surface area contributed by atoms with E-state index in [2.05, 4.69) is 4.98 Å². The molecule has 0 amide bonds. The minimum absolute atomic E-state index is 0.166. The fraction of sp³-hybridized carbons (Fsp3) is 0.211. The van der Waals surface area contributed by atoms with Gasteiger partial charge in [-0.2, -0.15) is 8.78 Å². The van der Waals surface area contributed by atoms with Crippen molar-refractivity contribution in [2.24, 2.45) is 0 Å². The Morgan fingerprint density at radius 1 is 1.00 bits per heavy atom. The standard InChI is InChI=1S/C19H18F2N2O2S/c1-13-4-6-14(7-5-13)18-22-17(19(2,20)21)12-23(18)15-8-10-16(11-9-15)26(3,24)25/h4-12H,1-3H3. The van der Waals surface area contributed by atoms with E-state index in [0.29, 0.717) is 17.1 Å². The highest BCUT2D eigenvalue weighted by atomic mass is 32.2. The van der Waals surface area contributed by atoms with Gasteiger partial charge in [0.2, 0.25) is 0 Å². The van der Waals surface area contributed by atoms with E-state index in [1.807, 2.05) is 31.2 Å². The summed E-state index contributed by atoms with van der Waals surface area (Å²) in [6.07, 6.45) is 2.40. The average Bonchev–Trinajstić information content (AvgIpc) is 3.00. The largest absolute Gasteiger partial charge is 0.299 e. The van der Waals surface area contributed by atoms with E-state index in [9.17, 15) is 17.2 Å². The van der Waals surface area contributed by atoms with Crippen molar-refractivity contribution < 1.29 is 17.2 Å². The summed E-state index contributed by atoms with van der Waals surface area (Å²) in [6.45, 7) is 2.73. The van der Waals surface area contributed by atoms with Gasteiger partial charge >= 0.3 is 0 Å². The first-order chi connectivity index (χ1) is 12.1. The molecule has 0 unspecified atom stereocenters. The van der Waals surface area contributed by atoms with Gasteiger partial charge in [-0.25, -0.2) is 13.4 Å². The van der Waals surface area contributed by atoms with Gasteiger partial charge in [0, 0.05) is 30.6 Å². The van der Waals surface area contributed by atoms with Gasteiger partial charge in [0.25, 0.3) is 5.92 Å². The van der Waals surface area contributed by atoms with Gasteiger partial charge in [0.05, 0.1) is 4.90 Å². The summed E-state index contributed by atoms with van der Waals surface area (Å²) < 4.78 is 52.4. The fourth-order valence-corrected chi connectivity index (χ4v) is 3.18. The molecule has 0 aliphatic rings. The van der Waals surface area contributed by atoms with Crippen LogP contribution in [-0.2, 0) is 15.8 Å². The summed E-state index contributed by atoms with van der Waals surface area (Å²) in [6, 6.07) is 13.4. The van der Waals surface area contributed by atoms with Crippen molar-refractivity contribution in [3.05, 3.63) is 66.0 Å². The Hall–Kier alpha value is -2.54. The quantitative estimate of drug-likeness (QED) is 0.680. The first kappa shape index (κ1) is 18.3. The SMILES string of the molecule is Cc1ccc(-c2nc(C(C)(F)F)cn2-c2ccc(S(C)(=O)=O)cc2)cc1. The number of sulfone groups is 1. The molecule has 0 aliphatic carbocycles. The van der Waals surface area contributed by atoms with E-state index in [1.54, 1.807) is 16.7 Å². The summed E-state index contributed by atoms with van der Waals surface area (Å²) in [5, 5.41) is 0. The predicted molar refractivity (Wildman–Crippen MR) is 96.4 cm³/mol. The number of aryl methyl sites for hydroxylation is 1. The topological polar surface area (TPSA) is 52.0 Å². The molecule has 0 saturated carbocycles. The van der Waals surface area contributed by atoms with E-state index in [1.165, 1.54) is 18.3 Å². The summed E-state index contributed by atoms with van der Waals surface area (Å²) >= 11 is 0. The van der Waals surface area contributed by atoms with Gasteiger partial charge in [0.15, 0.2) is 9.84 Å². The molecule has 3 rings (SSSR count). The van der Waals surface area contributed by atoms with Crippen LogP contribution < -0.4 is 0 Å². The predicted octanol–water partition coefficient (Wildman–Crippen LogP) is 4.36. The Morgan fingerprint density at radius 3 is 2.08 bits per heavy atom. The van der Waals surface area contributed by atoms with Crippen LogP contribution in [0, 0.1) is 6.92 Å².